The Kier molecular flexibility index (Phi) is 8.33. The van der Waals surface area contributed by atoms with Crippen molar-refractivity contribution >= 4 is 43.1 Å². The van der Waals surface area contributed by atoms with E-state index >= 15 is 4.39 Å². The van der Waals surface area contributed by atoms with Crippen LogP contribution in [0.4, 0.5) is 28.4 Å². The molecule has 1 aliphatic carbocycles. The average Bonchev–Trinajstić information content (AvgIpc) is 3.52. The Bertz CT molecular complexity index is 2100. The molecule has 1 saturated carbocycles. The summed E-state index contributed by atoms with van der Waals surface area (Å²) >= 11 is 0.923. The van der Waals surface area contributed by atoms with Crippen LogP contribution < -0.4 is 20.7 Å². The summed E-state index contributed by atoms with van der Waals surface area (Å²) < 4.78 is 70.9. The second-order valence-corrected chi connectivity index (χ2v) is 15.1. The van der Waals surface area contributed by atoms with E-state index in [4.69, 9.17) is 25.2 Å². The van der Waals surface area contributed by atoms with Crippen LogP contribution in [-0.2, 0) is 18.0 Å². The first kappa shape index (κ1) is 33.1. The van der Waals surface area contributed by atoms with Crippen LogP contribution in [0.5, 0.6) is 6.01 Å². The molecule has 15 heteroatoms. The first-order valence-electron chi connectivity index (χ1n) is 16.9. The Morgan fingerprint density at radius 3 is 2.64 bits per heavy atom. The molecule has 0 bridgehead atoms. The topological polar surface area (TPSA) is 125 Å². The molecular weight excluding hydrogens is 672 g/mol. The first-order valence-corrected chi connectivity index (χ1v) is 17.7. The van der Waals surface area contributed by atoms with Crippen molar-refractivity contribution in [3.63, 3.8) is 0 Å². The quantitative estimate of drug-likeness (QED) is 0.213. The maximum atomic E-state index is 17.3. The summed E-state index contributed by atoms with van der Waals surface area (Å²) in [5.41, 5.74) is 7.69. The van der Waals surface area contributed by atoms with E-state index in [0.717, 1.165) is 30.4 Å². The van der Waals surface area contributed by atoms with Crippen molar-refractivity contribution in [3.8, 4) is 23.3 Å². The number of hydrogen-bond acceptors (Lipinski definition) is 11. The van der Waals surface area contributed by atoms with Crippen LogP contribution in [-0.4, -0.2) is 71.3 Å². The third kappa shape index (κ3) is 5.62. The number of nitrogens with two attached hydrogens (primary N) is 1. The number of aromatic nitrogens is 3. The number of nitrogens with one attached hydrogen (secondary N) is 1. The van der Waals surface area contributed by atoms with E-state index in [1.807, 2.05) is 0 Å². The summed E-state index contributed by atoms with van der Waals surface area (Å²) in [5.74, 6) is -0.801. The number of nitrogen functional groups attached to an aromatic ring is 1. The van der Waals surface area contributed by atoms with Gasteiger partial charge in [-0.2, -0.15) is 24.0 Å². The molecule has 4 aromatic rings. The van der Waals surface area contributed by atoms with E-state index in [9.17, 15) is 18.4 Å². The lowest BCUT2D eigenvalue weighted by molar-refractivity contribution is 0.135. The lowest BCUT2D eigenvalue weighted by atomic mass is 9.93. The number of piperidine rings is 1. The molecule has 3 aliphatic heterocycles. The van der Waals surface area contributed by atoms with Crippen LogP contribution >= 0.6 is 11.3 Å². The van der Waals surface area contributed by atoms with Gasteiger partial charge in [0, 0.05) is 61.2 Å². The van der Waals surface area contributed by atoms with Crippen molar-refractivity contribution in [1.82, 2.24) is 25.2 Å². The number of piperazine rings is 1. The van der Waals surface area contributed by atoms with Crippen molar-refractivity contribution in [3.05, 3.63) is 46.2 Å². The molecule has 2 saturated heterocycles. The molecule has 0 amide bonds. The summed E-state index contributed by atoms with van der Waals surface area (Å²) in [5, 5.41) is 14.2. The number of ether oxygens (including phenoxy) is 2. The van der Waals surface area contributed by atoms with E-state index in [1.165, 1.54) is 0 Å². The summed E-state index contributed by atoms with van der Waals surface area (Å²) in [6.45, 7) is 7.86. The minimum absolute atomic E-state index is 0.0187. The van der Waals surface area contributed by atoms with Crippen molar-refractivity contribution in [2.75, 3.05) is 50.0 Å². The van der Waals surface area contributed by atoms with Crippen LogP contribution in [0.1, 0.15) is 56.2 Å². The highest BCUT2D eigenvalue weighted by atomic mass is 32.1. The normalized spacial score (nSPS) is 21.9. The molecule has 8 rings (SSSR count). The zero-order valence-electron chi connectivity index (χ0n) is 27.7. The van der Waals surface area contributed by atoms with Crippen molar-refractivity contribution in [2.45, 2.75) is 64.8 Å². The summed E-state index contributed by atoms with van der Waals surface area (Å²) in [4.78, 5) is 18.3. The second kappa shape index (κ2) is 12.6. The number of nitrogens with zero attached hydrogens (tertiary/aromatic N) is 6. The number of benzene rings is 1. The Labute approximate surface area is 289 Å². The molecule has 262 valence electrons. The van der Waals surface area contributed by atoms with Crippen LogP contribution in [0.3, 0.4) is 0 Å². The molecule has 1 aromatic carbocycles. The van der Waals surface area contributed by atoms with E-state index in [1.54, 1.807) is 0 Å². The summed E-state index contributed by atoms with van der Waals surface area (Å²) in [7, 11) is 0. The minimum atomic E-state index is -1.57. The molecule has 4 aliphatic rings. The largest absolute Gasteiger partial charge is 0.463 e. The van der Waals surface area contributed by atoms with Gasteiger partial charge in [0.2, 0.25) is 0 Å². The zero-order chi connectivity index (χ0) is 34.9. The van der Waals surface area contributed by atoms with Gasteiger partial charge in [-0.1, -0.05) is 0 Å². The highest BCUT2D eigenvalue weighted by Crippen LogP contribution is 2.49. The Hall–Kier alpha value is -4.10. The lowest BCUT2D eigenvalue weighted by Crippen LogP contribution is -2.54. The molecular formula is C35H36F4N8O2S. The minimum Gasteiger partial charge on any atom is -0.463 e. The number of thiophene rings is 1. The number of anilines is 2. The monoisotopic (exact) mass is 708 g/mol. The number of hydrogen-bond donors (Lipinski definition) is 2. The maximum absolute atomic E-state index is 17.3. The predicted molar refractivity (Wildman–Crippen MR) is 182 cm³/mol. The van der Waals surface area contributed by atoms with Gasteiger partial charge in [0.15, 0.2) is 11.6 Å². The highest BCUT2D eigenvalue weighted by molar-refractivity contribution is 7.23. The highest BCUT2D eigenvalue weighted by Gasteiger charge is 2.45. The number of halogens is 4. The molecule has 3 aromatic heterocycles. The van der Waals surface area contributed by atoms with Gasteiger partial charge in [0.05, 0.1) is 47.4 Å². The lowest BCUT2D eigenvalue weighted by Gasteiger charge is -2.39. The number of nitriles is 1. The number of pyridine rings is 1. The van der Waals surface area contributed by atoms with Gasteiger partial charge in [-0.25, -0.2) is 8.78 Å². The predicted octanol–water partition coefficient (Wildman–Crippen LogP) is 6.26. The first-order chi connectivity index (χ1) is 24.1. The number of rotatable bonds is 7. The molecule has 3 fully saturated rings. The Balaban J connectivity index is 1.24. The third-order valence-corrected chi connectivity index (χ3v) is 11.6. The van der Waals surface area contributed by atoms with E-state index < -0.39 is 17.7 Å². The standard InChI is InChI=1S/C35H36F4N8O2S/c1-17-12-47(18(2)10-42-17)33-26-22-14-48-13-21(22)24(28-25-20(9-40)32(41)50-30(25)23(36)11-43-28)27(37)29(26)44-34(45-33)49-16-35(5-6-35)15-46-7-3-19(4-8-46)31(38)39/h11,17-18,42H,3-8,10,12-16,41H2,1-2H3/t17-,18+/m1/s1. The fourth-order valence-electron chi connectivity index (χ4n) is 7.60. The number of likely N-dealkylation sites (tertiary alicyclic amines) is 1. The van der Waals surface area contributed by atoms with Crippen LogP contribution in [0.25, 0.3) is 32.2 Å². The van der Waals surface area contributed by atoms with Gasteiger partial charge in [0.1, 0.15) is 22.4 Å². The van der Waals surface area contributed by atoms with Gasteiger partial charge in [-0.3, -0.25) is 4.98 Å². The van der Waals surface area contributed by atoms with E-state index in [2.05, 4.69) is 40.0 Å². The SMILES string of the molecule is C[C@@H]1CN(c2nc(OCC3(CN4CCC(=C(F)F)CC4)CC3)nc3c(F)c(-c4ncc(F)c5sc(N)c(C#N)c45)c4c(c23)COC4)[C@@H](C)CN1. The second-order valence-electron chi connectivity index (χ2n) is 14.0. The van der Waals surface area contributed by atoms with Crippen LogP contribution in [0, 0.1) is 28.4 Å². The van der Waals surface area contributed by atoms with Gasteiger partial charge in [0.25, 0.3) is 6.08 Å². The van der Waals surface area contributed by atoms with Gasteiger partial charge >= 0.3 is 6.01 Å². The van der Waals surface area contributed by atoms with Crippen molar-refractivity contribution in [1.29, 1.82) is 5.26 Å². The van der Waals surface area contributed by atoms with Crippen LogP contribution in [0.2, 0.25) is 0 Å². The summed E-state index contributed by atoms with van der Waals surface area (Å²) in [6, 6.07) is 2.24. The molecule has 0 unspecified atom stereocenters. The molecule has 6 heterocycles. The Morgan fingerprint density at radius 1 is 1.16 bits per heavy atom. The third-order valence-electron chi connectivity index (χ3n) is 10.6. The Morgan fingerprint density at radius 2 is 1.92 bits per heavy atom. The van der Waals surface area contributed by atoms with E-state index in [0.29, 0.717) is 74.5 Å². The number of fused-ring (bicyclic) bond motifs is 4. The molecule has 2 atom stereocenters. The van der Waals surface area contributed by atoms with E-state index in [-0.39, 0.29) is 79.7 Å². The average molecular weight is 709 g/mol. The van der Waals surface area contributed by atoms with Gasteiger partial charge in [-0.15, -0.1) is 11.3 Å². The van der Waals surface area contributed by atoms with Gasteiger partial charge in [-0.05, 0) is 56.2 Å². The molecule has 0 spiro atoms. The van der Waals surface area contributed by atoms with Crippen molar-refractivity contribution < 1.29 is 27.0 Å². The fourth-order valence-corrected chi connectivity index (χ4v) is 8.52. The molecule has 0 radical (unpaired) electrons. The van der Waals surface area contributed by atoms with Crippen molar-refractivity contribution in [2.24, 2.45) is 5.41 Å². The van der Waals surface area contributed by atoms with Gasteiger partial charge < -0.3 is 30.3 Å². The zero-order valence-corrected chi connectivity index (χ0v) is 28.5. The molecule has 50 heavy (non-hydrogen) atoms. The molecule has 10 nitrogen and oxygen atoms in total. The van der Waals surface area contributed by atoms with Crippen LogP contribution in [0.15, 0.2) is 17.9 Å². The smallest absolute Gasteiger partial charge is 0.319 e. The fraction of sp³-hybridized carbons (Fsp3) is 0.486. The maximum Gasteiger partial charge on any atom is 0.319 e. The molecule has 3 N–H and O–H groups in total. The summed E-state index contributed by atoms with van der Waals surface area (Å²) in [6.07, 6.45) is 2.00.